The van der Waals surface area contributed by atoms with Crippen molar-refractivity contribution in [1.29, 1.82) is 0 Å². The Hall–Kier alpha value is -0.320. The fourth-order valence-corrected chi connectivity index (χ4v) is 10.3. The molecule has 0 aromatic rings. The summed E-state index contributed by atoms with van der Waals surface area (Å²) < 4.78 is 18.1. The van der Waals surface area contributed by atoms with Gasteiger partial charge in [0.2, 0.25) is 0 Å². The van der Waals surface area contributed by atoms with E-state index in [4.69, 9.17) is 14.2 Å². The van der Waals surface area contributed by atoms with Gasteiger partial charge in [0.05, 0.1) is 36.6 Å². The first-order valence-electron chi connectivity index (χ1n) is 11.6. The largest absolute Gasteiger partial charge is 0.392 e. The molecule has 7 aliphatic rings. The van der Waals surface area contributed by atoms with Crippen molar-refractivity contribution in [2.45, 2.75) is 79.6 Å². The topological polar surface area (TPSA) is 115 Å². The van der Waals surface area contributed by atoms with Crippen LogP contribution in [0.4, 0.5) is 0 Å². The van der Waals surface area contributed by atoms with Gasteiger partial charge < -0.3 is 34.6 Å². The molecule has 7 rings (SSSR count). The van der Waals surface area contributed by atoms with Crippen LogP contribution in [0.25, 0.3) is 0 Å². The zero-order valence-corrected chi connectivity index (χ0v) is 17.8. The molecule has 8 heteroatoms. The molecule has 7 bridgehead atoms. The smallest absolute Gasteiger partial charge is 0.136 e. The Balaban J connectivity index is 1.55. The maximum absolute atomic E-state index is 12.6. The van der Waals surface area contributed by atoms with Crippen LogP contribution in [0, 0.1) is 29.1 Å². The molecule has 5 saturated carbocycles. The molecule has 7 fully saturated rings. The quantitative estimate of drug-likeness (QED) is 0.416. The minimum Gasteiger partial charge on any atom is -0.392 e. The highest BCUT2D eigenvalue weighted by Crippen LogP contribution is 2.81. The van der Waals surface area contributed by atoms with Gasteiger partial charge in [0, 0.05) is 56.8 Å². The second-order valence-electron chi connectivity index (χ2n) is 11.2. The van der Waals surface area contributed by atoms with Crippen molar-refractivity contribution in [2.75, 3.05) is 27.3 Å². The summed E-state index contributed by atoms with van der Waals surface area (Å²) in [5, 5.41) is 48.0. The lowest BCUT2D eigenvalue weighted by Crippen LogP contribution is -2.81. The van der Waals surface area contributed by atoms with Gasteiger partial charge in [0.1, 0.15) is 16.8 Å². The maximum Gasteiger partial charge on any atom is 0.136 e. The molecule has 5 aliphatic carbocycles. The third-order valence-electron chi connectivity index (χ3n) is 11.0. The van der Waals surface area contributed by atoms with Gasteiger partial charge in [-0.3, -0.25) is 4.90 Å². The van der Waals surface area contributed by atoms with Gasteiger partial charge in [-0.15, -0.1) is 0 Å². The normalized spacial score (nSPS) is 69.3. The van der Waals surface area contributed by atoms with E-state index in [9.17, 15) is 20.4 Å². The standard InChI is InChI=1S/C22H33NO7/c1-4-23-8-19-13(30-19)6-12(24)21-10-5-9-11(28-2)7-20(26,14(10)15(9)25)22(27,18(21)23)17(29-3)16(19)21/h9-18,24-27H,4-8H2,1-3H3/t9-,10?,11+,12+,13+,14?,15+,16?,17+,18+,19+,20-,21+,22+/m1/s1. The van der Waals surface area contributed by atoms with Gasteiger partial charge in [-0.1, -0.05) is 6.92 Å². The number of aliphatic hydroxyl groups excluding tert-OH is 2. The molecule has 30 heavy (non-hydrogen) atoms. The molecule has 0 aromatic carbocycles. The number of hydrogen-bond acceptors (Lipinski definition) is 8. The van der Waals surface area contributed by atoms with Crippen molar-refractivity contribution in [1.82, 2.24) is 4.90 Å². The number of nitrogens with zero attached hydrogens (tertiary/aromatic N) is 1. The second-order valence-corrected chi connectivity index (χ2v) is 11.2. The summed E-state index contributed by atoms with van der Waals surface area (Å²) in [6, 6.07) is -0.441. The van der Waals surface area contributed by atoms with Crippen LogP contribution in [-0.4, -0.2) is 106 Å². The number of fused-ring (bicyclic) bond motifs is 2. The predicted molar refractivity (Wildman–Crippen MR) is 102 cm³/mol. The van der Waals surface area contributed by atoms with E-state index in [1.165, 1.54) is 0 Å². The number of hydrogen-bond donors (Lipinski definition) is 4. The van der Waals surface area contributed by atoms with E-state index >= 15 is 0 Å². The van der Waals surface area contributed by atoms with E-state index in [1.807, 2.05) is 0 Å². The van der Waals surface area contributed by atoms with Crippen LogP contribution in [0.15, 0.2) is 0 Å². The number of methoxy groups -OCH3 is 2. The summed E-state index contributed by atoms with van der Waals surface area (Å²) >= 11 is 0. The lowest BCUT2D eigenvalue weighted by Gasteiger charge is -2.67. The fourth-order valence-electron chi connectivity index (χ4n) is 10.3. The molecule has 0 amide bonds. The number of ether oxygens (including phenoxy) is 3. The lowest BCUT2D eigenvalue weighted by atomic mass is 9.45. The van der Waals surface area contributed by atoms with E-state index in [0.29, 0.717) is 25.9 Å². The van der Waals surface area contributed by atoms with Crippen LogP contribution in [0.2, 0.25) is 0 Å². The molecule has 8 nitrogen and oxygen atoms in total. The SMILES string of the molecule is CCN1C[C@]23O[C@H]2C[C@H](O)[C@@]24C5C[C@@H]6[C@@H](OC)C[C@@](O)(C5[C@H]6O)[C@](O)([C@@H](OC)C23)[C@@H]14. The summed E-state index contributed by atoms with van der Waals surface area (Å²) in [5.41, 5.74) is -4.30. The van der Waals surface area contributed by atoms with Crippen molar-refractivity contribution >= 4 is 0 Å². The molecular formula is C22H33NO7. The predicted octanol–water partition coefficient (Wildman–Crippen LogP) is -1.27. The average Bonchev–Trinajstić information content (AvgIpc) is 3.25. The number of piperidine rings is 1. The Morgan fingerprint density at radius 3 is 2.57 bits per heavy atom. The highest BCUT2D eigenvalue weighted by molar-refractivity contribution is 5.44. The molecule has 168 valence electrons. The van der Waals surface area contributed by atoms with Crippen molar-refractivity contribution in [3.05, 3.63) is 0 Å². The Morgan fingerprint density at radius 1 is 1.13 bits per heavy atom. The van der Waals surface area contributed by atoms with Crippen LogP contribution in [0.1, 0.15) is 26.2 Å². The number of likely N-dealkylation sites (N-methyl/N-ethyl adjacent to an activating group) is 1. The number of epoxide rings is 1. The van der Waals surface area contributed by atoms with Crippen LogP contribution < -0.4 is 0 Å². The first-order chi connectivity index (χ1) is 14.3. The van der Waals surface area contributed by atoms with Crippen molar-refractivity contribution < 1.29 is 34.6 Å². The zero-order valence-electron chi connectivity index (χ0n) is 17.8. The second kappa shape index (κ2) is 5.25. The first-order valence-corrected chi connectivity index (χ1v) is 11.6. The third-order valence-corrected chi connectivity index (χ3v) is 11.0. The van der Waals surface area contributed by atoms with E-state index in [0.717, 1.165) is 0 Å². The van der Waals surface area contributed by atoms with Gasteiger partial charge in [-0.05, 0) is 18.9 Å². The third kappa shape index (κ3) is 1.52. The minimum atomic E-state index is -1.62. The molecule has 0 aromatic heterocycles. The molecule has 0 radical (unpaired) electrons. The summed E-state index contributed by atoms with van der Waals surface area (Å²) in [6.07, 6.45) is -0.983. The molecule has 3 unspecified atom stereocenters. The highest BCUT2D eigenvalue weighted by Gasteiger charge is 2.94. The summed E-state index contributed by atoms with van der Waals surface area (Å²) in [6.45, 7) is 3.44. The Morgan fingerprint density at radius 2 is 1.90 bits per heavy atom. The van der Waals surface area contributed by atoms with Gasteiger partial charge in [-0.25, -0.2) is 0 Å². The van der Waals surface area contributed by atoms with Gasteiger partial charge in [-0.2, -0.15) is 0 Å². The number of likely N-dealkylation sites (tertiary alicyclic amines) is 1. The van der Waals surface area contributed by atoms with E-state index in [-0.39, 0.29) is 36.4 Å². The Labute approximate surface area is 176 Å². The Bertz CT molecular complexity index is 812. The van der Waals surface area contributed by atoms with Crippen LogP contribution in [-0.2, 0) is 14.2 Å². The fraction of sp³-hybridized carbons (Fsp3) is 1.00. The van der Waals surface area contributed by atoms with E-state index < -0.39 is 52.5 Å². The average molecular weight is 424 g/mol. The lowest BCUT2D eigenvalue weighted by molar-refractivity contribution is -0.311. The number of aliphatic hydroxyl groups is 4. The van der Waals surface area contributed by atoms with Gasteiger partial charge in [0.15, 0.2) is 0 Å². The summed E-state index contributed by atoms with van der Waals surface area (Å²) in [5.74, 6) is -0.922. The zero-order chi connectivity index (χ0) is 21.0. The molecule has 4 N–H and O–H groups in total. The van der Waals surface area contributed by atoms with Gasteiger partial charge >= 0.3 is 0 Å². The molecule has 2 heterocycles. The summed E-state index contributed by atoms with van der Waals surface area (Å²) in [4.78, 5) is 2.23. The van der Waals surface area contributed by atoms with Crippen molar-refractivity contribution in [2.24, 2.45) is 29.1 Å². The molecule has 2 aliphatic heterocycles. The van der Waals surface area contributed by atoms with E-state index in [2.05, 4.69) is 11.8 Å². The van der Waals surface area contributed by atoms with Crippen LogP contribution in [0.5, 0.6) is 0 Å². The number of rotatable bonds is 3. The van der Waals surface area contributed by atoms with Crippen LogP contribution >= 0.6 is 0 Å². The summed E-state index contributed by atoms with van der Waals surface area (Å²) in [7, 11) is 3.21. The van der Waals surface area contributed by atoms with Crippen molar-refractivity contribution in [3.8, 4) is 0 Å². The van der Waals surface area contributed by atoms with Crippen molar-refractivity contribution in [3.63, 3.8) is 0 Å². The van der Waals surface area contributed by atoms with Crippen LogP contribution in [0.3, 0.4) is 0 Å². The Kier molecular flexibility index (Phi) is 3.36. The first kappa shape index (κ1) is 19.2. The molecule has 2 saturated heterocycles. The molecular weight excluding hydrogens is 390 g/mol. The monoisotopic (exact) mass is 423 g/mol. The highest BCUT2D eigenvalue weighted by atomic mass is 16.6. The molecule has 2 spiro atoms. The maximum atomic E-state index is 12.6. The van der Waals surface area contributed by atoms with E-state index in [1.54, 1.807) is 14.2 Å². The molecule has 14 atom stereocenters. The van der Waals surface area contributed by atoms with Gasteiger partial charge in [0.25, 0.3) is 0 Å². The minimum absolute atomic E-state index is 0.0398.